The van der Waals surface area contributed by atoms with Crippen molar-refractivity contribution in [3.8, 4) is 0 Å². The highest BCUT2D eigenvalue weighted by Crippen LogP contribution is 2.30. The zero-order valence-electron chi connectivity index (χ0n) is 14.9. The first-order chi connectivity index (χ1) is 13.3. The number of aromatic nitrogens is 2. The van der Waals surface area contributed by atoms with Gasteiger partial charge in [-0.15, -0.1) is 0 Å². The van der Waals surface area contributed by atoms with Crippen LogP contribution < -0.4 is 0 Å². The third-order valence-corrected chi connectivity index (χ3v) is 4.93. The predicted molar refractivity (Wildman–Crippen MR) is 124 cm³/mol. The average Bonchev–Trinajstić information content (AvgIpc) is 3.24. The molecule has 2 nitrogen and oxygen atoms in total. The summed E-state index contributed by atoms with van der Waals surface area (Å²) in [5, 5.41) is 4.11. The van der Waals surface area contributed by atoms with Crippen molar-refractivity contribution < 1.29 is 0 Å². The van der Waals surface area contributed by atoms with Crippen LogP contribution in [0.1, 0.15) is 28.1 Å². The second-order valence-corrected chi connectivity index (χ2v) is 6.58. The largest absolute Gasteiger partial charge is 0.355 e. The van der Waals surface area contributed by atoms with Gasteiger partial charge < -0.3 is 9.97 Å². The summed E-state index contributed by atoms with van der Waals surface area (Å²) in [5.74, 6) is 0. The fraction of sp³-hybridized carbons (Fsp3) is 0. The number of hydrogen-bond donors (Lipinski definition) is 3. The Bertz CT molecular complexity index is 1220. The van der Waals surface area contributed by atoms with Gasteiger partial charge in [-0.1, -0.05) is 55.6 Å². The summed E-state index contributed by atoms with van der Waals surface area (Å²) in [5.41, 5.74) is 7.57. The van der Waals surface area contributed by atoms with Gasteiger partial charge in [0.15, 0.2) is 0 Å². The Hall–Kier alpha value is -3.17. The number of thiol groups is 1. The van der Waals surface area contributed by atoms with Crippen molar-refractivity contribution in [3.63, 3.8) is 0 Å². The van der Waals surface area contributed by atoms with Crippen molar-refractivity contribution in [2.75, 3.05) is 0 Å². The summed E-state index contributed by atoms with van der Waals surface area (Å²) in [4.78, 5) is 6.90. The maximum absolute atomic E-state index is 4.26. The second-order valence-electron chi connectivity index (χ2n) is 6.28. The molecule has 0 aliphatic heterocycles. The van der Waals surface area contributed by atoms with Gasteiger partial charge in [-0.2, -0.15) is 12.6 Å². The van der Waals surface area contributed by atoms with Gasteiger partial charge in [0.05, 0.1) is 0 Å². The lowest BCUT2D eigenvalue weighted by molar-refractivity contribution is 1.42. The van der Waals surface area contributed by atoms with E-state index in [-0.39, 0.29) is 0 Å². The molecule has 0 unspecified atom stereocenters. The molecule has 132 valence electrons. The minimum Gasteiger partial charge on any atom is -0.355 e. The van der Waals surface area contributed by atoms with Crippen LogP contribution in [0.5, 0.6) is 0 Å². The van der Waals surface area contributed by atoms with Gasteiger partial charge in [-0.05, 0) is 41.3 Å². The van der Waals surface area contributed by atoms with Gasteiger partial charge >= 0.3 is 0 Å². The number of benzene rings is 2. The molecular weight excluding hydrogens is 348 g/mol. The third kappa shape index (κ3) is 2.96. The maximum Gasteiger partial charge on any atom is 0.0470 e. The average molecular weight is 369 g/mol. The van der Waals surface area contributed by atoms with Gasteiger partial charge in [-0.3, -0.25) is 0 Å². The number of rotatable bonds is 5. The minimum atomic E-state index is 0.991. The van der Waals surface area contributed by atoms with Crippen molar-refractivity contribution in [3.05, 3.63) is 89.1 Å². The van der Waals surface area contributed by atoms with Crippen molar-refractivity contribution in [2.45, 2.75) is 0 Å². The highest BCUT2D eigenvalue weighted by Gasteiger charge is 2.10. The highest BCUT2D eigenvalue weighted by molar-refractivity contribution is 7.83. The molecule has 0 spiro atoms. The zero-order valence-corrected chi connectivity index (χ0v) is 15.8. The molecule has 0 radical (unpaired) electrons. The van der Waals surface area contributed by atoms with Crippen molar-refractivity contribution >= 4 is 64.8 Å². The Kier molecular flexibility index (Phi) is 4.61. The number of hydrogen-bond acceptors (Lipinski definition) is 1. The van der Waals surface area contributed by atoms with E-state index < -0.39 is 0 Å². The summed E-state index contributed by atoms with van der Waals surface area (Å²) in [6.07, 6.45) is 9.98. The van der Waals surface area contributed by atoms with E-state index in [2.05, 4.69) is 78.2 Å². The van der Waals surface area contributed by atoms with Crippen LogP contribution in [-0.2, 0) is 0 Å². The van der Waals surface area contributed by atoms with Gasteiger partial charge in [0.1, 0.15) is 0 Å². The molecule has 0 fully saturated rings. The van der Waals surface area contributed by atoms with Crippen LogP contribution in [0, 0.1) is 0 Å². The summed E-state index contributed by atoms with van der Waals surface area (Å²) in [6, 6.07) is 14.5. The first-order valence-corrected chi connectivity index (χ1v) is 9.27. The molecule has 3 heteroatoms. The molecule has 0 amide bonds. The Labute approximate surface area is 164 Å². The van der Waals surface area contributed by atoms with Gasteiger partial charge in [-0.25, -0.2) is 0 Å². The number of fused-ring (bicyclic) bond motifs is 2. The van der Waals surface area contributed by atoms with Gasteiger partial charge in [0.25, 0.3) is 0 Å². The van der Waals surface area contributed by atoms with Crippen molar-refractivity contribution in [1.82, 2.24) is 9.97 Å². The van der Waals surface area contributed by atoms with E-state index in [1.165, 1.54) is 5.39 Å². The second kappa shape index (κ2) is 7.22. The molecule has 27 heavy (non-hydrogen) atoms. The number of para-hydroxylation sites is 1. The standard InChI is InChI=1S/C24H20N2S/c1-3-17-20(4-2)25-23-11-7-8-16(24(17)23)12-13-22-19(14-15-27)18-9-5-6-10-21(18)26-22/h3-15,25-27H,1-2H2/b13-12-,15-14-. The van der Waals surface area contributed by atoms with Crippen LogP contribution in [0.15, 0.2) is 61.0 Å². The molecule has 0 saturated carbocycles. The quantitative estimate of drug-likeness (QED) is 0.317. The van der Waals surface area contributed by atoms with E-state index in [0.29, 0.717) is 0 Å². The molecule has 2 N–H and O–H groups in total. The molecule has 2 heterocycles. The van der Waals surface area contributed by atoms with Crippen LogP contribution in [0.2, 0.25) is 0 Å². The molecule has 0 aliphatic rings. The fourth-order valence-corrected chi connectivity index (χ4v) is 3.73. The summed E-state index contributed by atoms with van der Waals surface area (Å²) < 4.78 is 0. The van der Waals surface area contributed by atoms with Crippen LogP contribution >= 0.6 is 12.6 Å². The zero-order chi connectivity index (χ0) is 18.8. The fourth-order valence-electron chi connectivity index (χ4n) is 3.58. The SMILES string of the molecule is C=Cc1[nH]c2cccc(/C=C\c3[nH]c4ccccc4c3/C=C\S)c2c1C=C. The van der Waals surface area contributed by atoms with E-state index in [4.69, 9.17) is 0 Å². The minimum absolute atomic E-state index is 0.991. The van der Waals surface area contributed by atoms with Gasteiger partial charge in [0, 0.05) is 44.3 Å². The van der Waals surface area contributed by atoms with Crippen molar-refractivity contribution in [2.24, 2.45) is 0 Å². The Morgan fingerprint density at radius 3 is 2.30 bits per heavy atom. The number of H-pyrrole nitrogens is 2. The Morgan fingerprint density at radius 2 is 1.52 bits per heavy atom. The lowest BCUT2D eigenvalue weighted by Gasteiger charge is -2.00. The molecular formula is C24H20N2S. The van der Waals surface area contributed by atoms with E-state index in [9.17, 15) is 0 Å². The Balaban J connectivity index is 1.88. The highest BCUT2D eigenvalue weighted by atomic mass is 32.1. The smallest absolute Gasteiger partial charge is 0.0470 e. The van der Waals surface area contributed by atoms with Gasteiger partial charge in [0.2, 0.25) is 0 Å². The van der Waals surface area contributed by atoms with E-state index in [1.807, 2.05) is 30.4 Å². The molecule has 0 atom stereocenters. The van der Waals surface area contributed by atoms with Crippen LogP contribution in [0.4, 0.5) is 0 Å². The third-order valence-electron chi connectivity index (χ3n) is 4.78. The molecule has 0 aliphatic carbocycles. The van der Waals surface area contributed by atoms with Crippen LogP contribution in [0.25, 0.3) is 52.2 Å². The van der Waals surface area contributed by atoms with Crippen LogP contribution in [0.3, 0.4) is 0 Å². The summed E-state index contributed by atoms with van der Waals surface area (Å²) >= 11 is 4.26. The maximum atomic E-state index is 4.26. The van der Waals surface area contributed by atoms with E-state index in [0.717, 1.165) is 44.5 Å². The van der Waals surface area contributed by atoms with E-state index >= 15 is 0 Å². The molecule has 2 aromatic carbocycles. The number of nitrogens with one attached hydrogen (secondary N) is 2. The topological polar surface area (TPSA) is 31.6 Å². The summed E-state index contributed by atoms with van der Waals surface area (Å²) in [6.45, 7) is 7.87. The normalized spacial score (nSPS) is 11.9. The predicted octanol–water partition coefficient (Wildman–Crippen LogP) is 7.01. The molecule has 2 aromatic heterocycles. The summed E-state index contributed by atoms with van der Waals surface area (Å²) in [7, 11) is 0. The monoisotopic (exact) mass is 368 g/mol. The molecule has 4 aromatic rings. The molecule has 4 rings (SSSR count). The van der Waals surface area contributed by atoms with Crippen LogP contribution in [-0.4, -0.2) is 9.97 Å². The first-order valence-electron chi connectivity index (χ1n) is 8.76. The lowest BCUT2D eigenvalue weighted by Crippen LogP contribution is -1.80. The number of aromatic amines is 2. The molecule has 0 saturated heterocycles. The Morgan fingerprint density at radius 1 is 0.741 bits per heavy atom. The van der Waals surface area contributed by atoms with Crippen molar-refractivity contribution in [1.29, 1.82) is 0 Å². The lowest BCUT2D eigenvalue weighted by atomic mass is 10.0. The molecule has 0 bridgehead atoms. The van der Waals surface area contributed by atoms with E-state index in [1.54, 1.807) is 5.41 Å². The first kappa shape index (κ1) is 17.3.